The molecule has 2 rings (SSSR count). The van der Waals surface area contributed by atoms with Gasteiger partial charge in [-0.3, -0.25) is 4.79 Å². The third kappa shape index (κ3) is 4.30. The average Bonchev–Trinajstić information content (AvgIpc) is 2.85. The molecule has 1 aromatic heterocycles. The summed E-state index contributed by atoms with van der Waals surface area (Å²) in [6, 6.07) is 1.93. The number of likely N-dealkylation sites (tertiary alicyclic amines) is 1. The first-order valence-corrected chi connectivity index (χ1v) is 10.4. The van der Waals surface area contributed by atoms with Crippen LogP contribution >= 0.6 is 11.3 Å². The number of sulfonamides is 1. The van der Waals surface area contributed by atoms with E-state index in [-0.39, 0.29) is 11.9 Å². The lowest BCUT2D eigenvalue weighted by Gasteiger charge is -2.35. The first-order chi connectivity index (χ1) is 10.3. The fourth-order valence-corrected chi connectivity index (χ4v) is 4.41. The van der Waals surface area contributed by atoms with Gasteiger partial charge in [-0.15, -0.1) is 11.3 Å². The number of thiophene rings is 1. The summed E-state index contributed by atoms with van der Waals surface area (Å²) in [6.07, 6.45) is 4.93. The molecule has 7 heteroatoms. The van der Waals surface area contributed by atoms with Crippen LogP contribution in [0.25, 0.3) is 0 Å². The number of carbonyl (C=O) groups excluding carboxylic acids is 1. The molecular weight excluding hydrogens is 320 g/mol. The molecule has 2 heterocycles. The highest BCUT2D eigenvalue weighted by Crippen LogP contribution is 2.26. The van der Waals surface area contributed by atoms with E-state index in [1.807, 2.05) is 17.9 Å². The zero-order chi connectivity index (χ0) is 16.3. The molecule has 1 aromatic rings. The van der Waals surface area contributed by atoms with Gasteiger partial charge in [-0.2, -0.15) is 0 Å². The number of hydrogen-bond acceptors (Lipinski definition) is 4. The first-order valence-electron chi connectivity index (χ1n) is 7.66. The van der Waals surface area contributed by atoms with Crippen molar-refractivity contribution in [1.82, 2.24) is 9.62 Å². The molecule has 22 heavy (non-hydrogen) atoms. The van der Waals surface area contributed by atoms with Crippen LogP contribution in [0.1, 0.15) is 46.3 Å². The molecular formula is C15H24N2O3S2. The second-order valence-electron chi connectivity index (χ2n) is 5.81. The second-order valence-corrected chi connectivity index (χ2v) is 8.90. The number of carbonyl (C=O) groups is 1. The van der Waals surface area contributed by atoms with Crippen LogP contribution < -0.4 is 4.72 Å². The number of piperidine rings is 1. The van der Waals surface area contributed by atoms with Gasteiger partial charge in [0.05, 0.1) is 11.1 Å². The highest BCUT2D eigenvalue weighted by atomic mass is 32.2. The molecule has 5 nitrogen and oxygen atoms in total. The van der Waals surface area contributed by atoms with E-state index >= 15 is 0 Å². The van der Waals surface area contributed by atoms with E-state index in [1.54, 1.807) is 0 Å². The Labute approximate surface area is 136 Å². The molecule has 0 spiro atoms. The molecule has 1 aliphatic heterocycles. The van der Waals surface area contributed by atoms with Crippen molar-refractivity contribution in [2.45, 2.75) is 45.6 Å². The second kappa shape index (κ2) is 7.10. The SMILES string of the molecule is CCc1cc(C(=O)N2CCCCC2CNS(C)(=O)=O)sc1C. The number of hydrogen-bond donors (Lipinski definition) is 1. The average molecular weight is 345 g/mol. The van der Waals surface area contributed by atoms with E-state index in [9.17, 15) is 13.2 Å². The van der Waals surface area contributed by atoms with Crippen molar-refractivity contribution >= 4 is 27.3 Å². The van der Waals surface area contributed by atoms with Gasteiger partial charge < -0.3 is 4.90 Å². The minimum Gasteiger partial charge on any atom is -0.334 e. The largest absolute Gasteiger partial charge is 0.334 e. The van der Waals surface area contributed by atoms with E-state index in [4.69, 9.17) is 0 Å². The van der Waals surface area contributed by atoms with Gasteiger partial charge in [-0.05, 0) is 44.2 Å². The summed E-state index contributed by atoms with van der Waals surface area (Å²) in [4.78, 5) is 16.6. The van der Waals surface area contributed by atoms with Crippen molar-refractivity contribution < 1.29 is 13.2 Å². The van der Waals surface area contributed by atoms with E-state index in [0.717, 1.165) is 36.8 Å². The summed E-state index contributed by atoms with van der Waals surface area (Å²) < 4.78 is 25.1. The minimum absolute atomic E-state index is 0.0350. The molecule has 0 aromatic carbocycles. The summed E-state index contributed by atoms with van der Waals surface area (Å²) in [5.74, 6) is 0.0350. The van der Waals surface area contributed by atoms with E-state index in [1.165, 1.54) is 21.8 Å². The fraction of sp³-hybridized carbons (Fsp3) is 0.667. The normalized spacial score (nSPS) is 19.4. The van der Waals surface area contributed by atoms with Crippen LogP contribution in [0.2, 0.25) is 0 Å². The number of nitrogens with zero attached hydrogens (tertiary/aromatic N) is 1. The van der Waals surface area contributed by atoms with Gasteiger partial charge in [0.2, 0.25) is 10.0 Å². The number of amides is 1. The van der Waals surface area contributed by atoms with Gasteiger partial charge in [0.25, 0.3) is 5.91 Å². The van der Waals surface area contributed by atoms with Gasteiger partial charge in [-0.1, -0.05) is 6.92 Å². The quantitative estimate of drug-likeness (QED) is 0.890. The summed E-state index contributed by atoms with van der Waals surface area (Å²) >= 11 is 1.54. The van der Waals surface area contributed by atoms with Crippen LogP contribution in [0.5, 0.6) is 0 Å². The molecule has 1 amide bonds. The Bertz CT molecular complexity index is 637. The molecule has 1 saturated heterocycles. The van der Waals surface area contributed by atoms with E-state index in [0.29, 0.717) is 13.1 Å². The van der Waals surface area contributed by atoms with Crippen LogP contribution in [0.15, 0.2) is 6.07 Å². The van der Waals surface area contributed by atoms with Crippen LogP contribution in [-0.2, 0) is 16.4 Å². The lowest BCUT2D eigenvalue weighted by atomic mass is 10.0. The zero-order valence-electron chi connectivity index (χ0n) is 13.4. The molecule has 1 fully saturated rings. The molecule has 0 radical (unpaired) electrons. The van der Waals surface area contributed by atoms with Gasteiger partial charge in [-0.25, -0.2) is 13.1 Å². The van der Waals surface area contributed by atoms with Crippen molar-refractivity contribution in [3.05, 3.63) is 21.4 Å². The maximum atomic E-state index is 12.8. The zero-order valence-corrected chi connectivity index (χ0v) is 15.0. The van der Waals surface area contributed by atoms with Crippen molar-refractivity contribution in [2.75, 3.05) is 19.3 Å². The summed E-state index contributed by atoms with van der Waals surface area (Å²) in [5, 5.41) is 0. The molecule has 0 bridgehead atoms. The molecule has 1 aliphatic rings. The van der Waals surface area contributed by atoms with E-state index in [2.05, 4.69) is 11.6 Å². The molecule has 1 N–H and O–H groups in total. The topological polar surface area (TPSA) is 66.5 Å². The van der Waals surface area contributed by atoms with Crippen LogP contribution in [0.3, 0.4) is 0 Å². The number of aryl methyl sites for hydroxylation is 2. The third-order valence-corrected chi connectivity index (χ3v) is 5.85. The Morgan fingerprint density at radius 1 is 1.45 bits per heavy atom. The van der Waals surface area contributed by atoms with Crippen LogP contribution in [-0.4, -0.2) is 44.6 Å². The van der Waals surface area contributed by atoms with Crippen molar-refractivity contribution in [1.29, 1.82) is 0 Å². The maximum Gasteiger partial charge on any atom is 0.264 e. The van der Waals surface area contributed by atoms with Crippen LogP contribution in [0.4, 0.5) is 0 Å². The van der Waals surface area contributed by atoms with E-state index < -0.39 is 10.0 Å². The molecule has 1 unspecified atom stereocenters. The summed E-state index contributed by atoms with van der Waals surface area (Å²) in [7, 11) is -3.23. The highest BCUT2D eigenvalue weighted by molar-refractivity contribution is 7.88. The molecule has 1 atom stereocenters. The van der Waals surface area contributed by atoms with Gasteiger partial charge in [0, 0.05) is 24.0 Å². The van der Waals surface area contributed by atoms with Crippen molar-refractivity contribution in [3.8, 4) is 0 Å². The molecule has 0 saturated carbocycles. The van der Waals surface area contributed by atoms with Gasteiger partial charge in [0.1, 0.15) is 0 Å². The van der Waals surface area contributed by atoms with Gasteiger partial charge >= 0.3 is 0 Å². The number of rotatable bonds is 5. The standard InChI is InChI=1S/C15H24N2O3S2/c1-4-12-9-14(21-11(12)2)15(18)17-8-6-5-7-13(17)10-16-22(3,19)20/h9,13,16H,4-8,10H2,1-3H3. The summed E-state index contributed by atoms with van der Waals surface area (Å²) in [6.45, 7) is 5.13. The fourth-order valence-electron chi connectivity index (χ4n) is 2.85. The Kier molecular flexibility index (Phi) is 5.63. The number of nitrogens with one attached hydrogen (secondary N) is 1. The monoisotopic (exact) mass is 344 g/mol. The van der Waals surface area contributed by atoms with Crippen molar-refractivity contribution in [3.63, 3.8) is 0 Å². The van der Waals surface area contributed by atoms with Gasteiger partial charge in [0.15, 0.2) is 0 Å². The Balaban J connectivity index is 2.13. The molecule has 0 aliphatic carbocycles. The van der Waals surface area contributed by atoms with Crippen LogP contribution in [0, 0.1) is 6.92 Å². The minimum atomic E-state index is -3.23. The lowest BCUT2D eigenvalue weighted by Crippen LogP contribution is -2.49. The smallest absolute Gasteiger partial charge is 0.264 e. The summed E-state index contributed by atoms with van der Waals surface area (Å²) in [5.41, 5.74) is 1.22. The Morgan fingerprint density at radius 2 is 2.18 bits per heavy atom. The predicted octanol–water partition coefficient (Wildman–Crippen LogP) is 2.16. The Hall–Kier alpha value is -0.920. The first kappa shape index (κ1) is 17.4. The predicted molar refractivity (Wildman–Crippen MR) is 90.0 cm³/mol. The highest BCUT2D eigenvalue weighted by Gasteiger charge is 2.29. The van der Waals surface area contributed by atoms with Crippen molar-refractivity contribution in [2.24, 2.45) is 0 Å². The molecule has 124 valence electrons. The third-order valence-electron chi connectivity index (χ3n) is 4.08. The lowest BCUT2D eigenvalue weighted by molar-refractivity contribution is 0.0624. The maximum absolute atomic E-state index is 12.8. The Morgan fingerprint density at radius 3 is 2.77 bits per heavy atom.